The Balaban J connectivity index is 1.60. The van der Waals surface area contributed by atoms with Crippen LogP contribution in [0.4, 0.5) is 5.82 Å². The molecule has 1 aromatic carbocycles. The summed E-state index contributed by atoms with van der Waals surface area (Å²) in [7, 11) is 1.92. The minimum atomic E-state index is 0.528. The number of benzene rings is 1. The highest BCUT2D eigenvalue weighted by Crippen LogP contribution is 2.30. The van der Waals surface area contributed by atoms with Crippen molar-refractivity contribution in [3.05, 3.63) is 58.4 Å². The van der Waals surface area contributed by atoms with Crippen LogP contribution in [0.25, 0.3) is 16.9 Å². The van der Waals surface area contributed by atoms with Crippen LogP contribution in [0, 0.1) is 5.92 Å². The molecular formula is C21H24BrClN6. The second kappa shape index (κ2) is 8.63. The van der Waals surface area contributed by atoms with Gasteiger partial charge in [-0.15, -0.1) is 0 Å². The molecule has 1 atom stereocenters. The highest BCUT2D eigenvalue weighted by atomic mass is 79.9. The summed E-state index contributed by atoms with van der Waals surface area (Å²) in [6.07, 6.45) is 4.12. The van der Waals surface area contributed by atoms with Gasteiger partial charge in [0.05, 0.1) is 22.2 Å². The maximum absolute atomic E-state index is 6.42. The summed E-state index contributed by atoms with van der Waals surface area (Å²) >= 11 is 9.98. The van der Waals surface area contributed by atoms with E-state index in [2.05, 4.69) is 43.1 Å². The van der Waals surface area contributed by atoms with Gasteiger partial charge in [-0.05, 0) is 40.8 Å². The van der Waals surface area contributed by atoms with E-state index >= 15 is 0 Å². The normalized spacial score (nSPS) is 16.8. The smallest absolute Gasteiger partial charge is 0.172 e. The second-order valence-electron chi connectivity index (χ2n) is 7.27. The molecule has 2 aromatic heterocycles. The summed E-state index contributed by atoms with van der Waals surface area (Å²) < 4.78 is 2.68. The molecule has 6 nitrogen and oxygen atoms in total. The predicted molar refractivity (Wildman–Crippen MR) is 122 cm³/mol. The van der Waals surface area contributed by atoms with Crippen molar-refractivity contribution in [3.63, 3.8) is 0 Å². The molecule has 29 heavy (non-hydrogen) atoms. The summed E-state index contributed by atoms with van der Waals surface area (Å²) in [6, 6.07) is 9.77. The van der Waals surface area contributed by atoms with Crippen LogP contribution in [0.1, 0.15) is 12.8 Å². The standard InChI is InChI=1S/C21H24BrClN6/c1-14(24-2)28-9-5-6-15(13-28)11-25-20-10-19(16-7-3-4-8-18(16)23)27-21-17(22)12-26-29(20)21/h3-4,7-8,10,12,15,24-25H,1,5-6,9,11,13H2,2H3. The number of piperidine rings is 1. The van der Waals surface area contributed by atoms with Crippen LogP contribution in [-0.2, 0) is 0 Å². The fraction of sp³-hybridized carbons (Fsp3) is 0.333. The number of hydrogen-bond acceptors (Lipinski definition) is 5. The zero-order valence-electron chi connectivity index (χ0n) is 16.3. The quantitative estimate of drug-likeness (QED) is 0.544. The molecule has 1 aliphatic rings. The van der Waals surface area contributed by atoms with Gasteiger partial charge in [-0.2, -0.15) is 9.61 Å². The van der Waals surface area contributed by atoms with Gasteiger partial charge in [0, 0.05) is 43.3 Å². The molecule has 1 aliphatic heterocycles. The fourth-order valence-electron chi connectivity index (χ4n) is 3.75. The number of anilines is 1. The molecule has 152 valence electrons. The van der Waals surface area contributed by atoms with Crippen molar-refractivity contribution in [1.29, 1.82) is 0 Å². The molecule has 0 amide bonds. The van der Waals surface area contributed by atoms with E-state index in [1.54, 1.807) is 6.20 Å². The first kappa shape index (κ1) is 20.0. The Morgan fingerprint density at radius 2 is 2.21 bits per heavy atom. The van der Waals surface area contributed by atoms with E-state index in [1.165, 1.54) is 6.42 Å². The number of rotatable bonds is 6. The largest absolute Gasteiger partial charge is 0.375 e. The molecule has 0 bridgehead atoms. The molecule has 0 radical (unpaired) electrons. The van der Waals surface area contributed by atoms with E-state index < -0.39 is 0 Å². The van der Waals surface area contributed by atoms with Gasteiger partial charge in [-0.25, -0.2) is 4.98 Å². The van der Waals surface area contributed by atoms with Crippen molar-refractivity contribution in [2.75, 3.05) is 32.0 Å². The average Bonchev–Trinajstić information content (AvgIpc) is 3.13. The Bertz CT molecular complexity index is 1030. The van der Waals surface area contributed by atoms with Gasteiger partial charge in [0.15, 0.2) is 5.65 Å². The third-order valence-corrected chi connectivity index (χ3v) is 6.23. The summed E-state index contributed by atoms with van der Waals surface area (Å²) in [5.41, 5.74) is 2.49. The highest BCUT2D eigenvalue weighted by Gasteiger charge is 2.21. The number of aromatic nitrogens is 3. The van der Waals surface area contributed by atoms with Crippen LogP contribution < -0.4 is 10.6 Å². The topological polar surface area (TPSA) is 57.5 Å². The number of halogens is 2. The number of nitrogens with one attached hydrogen (secondary N) is 2. The Hall–Kier alpha value is -2.25. The summed E-state index contributed by atoms with van der Waals surface area (Å²) in [4.78, 5) is 7.09. The van der Waals surface area contributed by atoms with Gasteiger partial charge in [0.25, 0.3) is 0 Å². The van der Waals surface area contributed by atoms with Gasteiger partial charge in [0.1, 0.15) is 5.82 Å². The Kier molecular flexibility index (Phi) is 5.96. The first-order valence-corrected chi connectivity index (χ1v) is 10.9. The van der Waals surface area contributed by atoms with E-state index in [0.29, 0.717) is 10.9 Å². The van der Waals surface area contributed by atoms with Gasteiger partial charge in [-0.3, -0.25) is 0 Å². The van der Waals surface area contributed by atoms with Gasteiger partial charge < -0.3 is 15.5 Å². The van der Waals surface area contributed by atoms with Crippen molar-refractivity contribution in [2.24, 2.45) is 5.92 Å². The number of fused-ring (bicyclic) bond motifs is 1. The lowest BCUT2D eigenvalue weighted by atomic mass is 9.98. The van der Waals surface area contributed by atoms with Crippen molar-refractivity contribution in [1.82, 2.24) is 24.8 Å². The maximum atomic E-state index is 6.42. The number of nitrogens with zero attached hydrogens (tertiary/aromatic N) is 4. The lowest BCUT2D eigenvalue weighted by molar-refractivity contribution is 0.215. The first-order valence-electron chi connectivity index (χ1n) is 9.71. The Labute approximate surface area is 184 Å². The van der Waals surface area contributed by atoms with E-state index in [9.17, 15) is 0 Å². The molecule has 2 N–H and O–H groups in total. The van der Waals surface area contributed by atoms with Crippen LogP contribution in [-0.4, -0.2) is 46.2 Å². The molecule has 0 saturated carbocycles. The number of likely N-dealkylation sites (tertiary alicyclic amines) is 1. The maximum Gasteiger partial charge on any atom is 0.172 e. The SMILES string of the molecule is C=C(NC)N1CCCC(CNc2cc(-c3ccccc3Cl)nc3c(Br)cnn23)C1. The zero-order chi connectivity index (χ0) is 20.4. The van der Waals surface area contributed by atoms with Crippen molar-refractivity contribution in [2.45, 2.75) is 12.8 Å². The van der Waals surface area contributed by atoms with E-state index in [-0.39, 0.29) is 0 Å². The Morgan fingerprint density at radius 1 is 1.38 bits per heavy atom. The lowest BCUT2D eigenvalue weighted by Gasteiger charge is -2.35. The van der Waals surface area contributed by atoms with Crippen LogP contribution in [0.15, 0.2) is 53.4 Å². The average molecular weight is 476 g/mol. The van der Waals surface area contributed by atoms with E-state index in [4.69, 9.17) is 16.6 Å². The van der Waals surface area contributed by atoms with Crippen LogP contribution in [0.2, 0.25) is 5.02 Å². The van der Waals surface area contributed by atoms with Crippen molar-refractivity contribution in [3.8, 4) is 11.3 Å². The molecule has 0 spiro atoms. The van der Waals surface area contributed by atoms with Crippen molar-refractivity contribution < 1.29 is 0 Å². The molecular weight excluding hydrogens is 452 g/mol. The first-order chi connectivity index (χ1) is 14.1. The minimum absolute atomic E-state index is 0.528. The zero-order valence-corrected chi connectivity index (χ0v) is 18.7. The van der Waals surface area contributed by atoms with Crippen LogP contribution in [0.3, 0.4) is 0 Å². The molecule has 1 saturated heterocycles. The van der Waals surface area contributed by atoms with E-state index in [1.807, 2.05) is 41.9 Å². The lowest BCUT2D eigenvalue weighted by Crippen LogP contribution is -2.40. The summed E-state index contributed by atoms with van der Waals surface area (Å²) in [5.74, 6) is 2.41. The third kappa shape index (κ3) is 4.21. The predicted octanol–water partition coefficient (Wildman–Crippen LogP) is 4.63. The molecule has 1 fully saturated rings. The molecule has 0 aliphatic carbocycles. The van der Waals surface area contributed by atoms with Crippen molar-refractivity contribution >= 4 is 39.0 Å². The molecule has 1 unspecified atom stereocenters. The van der Waals surface area contributed by atoms with Crippen LogP contribution >= 0.6 is 27.5 Å². The molecule has 4 rings (SSSR count). The van der Waals surface area contributed by atoms with Gasteiger partial charge in [0.2, 0.25) is 0 Å². The Morgan fingerprint density at radius 3 is 3.00 bits per heavy atom. The number of hydrogen-bond donors (Lipinski definition) is 2. The van der Waals surface area contributed by atoms with Gasteiger partial charge >= 0.3 is 0 Å². The summed E-state index contributed by atoms with van der Waals surface area (Å²) in [6.45, 7) is 7.00. The fourth-order valence-corrected chi connectivity index (χ4v) is 4.33. The van der Waals surface area contributed by atoms with Gasteiger partial charge in [-0.1, -0.05) is 36.4 Å². The summed E-state index contributed by atoms with van der Waals surface area (Å²) in [5, 5.41) is 11.9. The second-order valence-corrected chi connectivity index (χ2v) is 8.53. The van der Waals surface area contributed by atoms with E-state index in [0.717, 1.165) is 59.1 Å². The molecule has 3 aromatic rings. The molecule has 3 heterocycles. The van der Waals surface area contributed by atoms with Crippen LogP contribution in [0.5, 0.6) is 0 Å². The molecule has 8 heteroatoms. The third-order valence-electron chi connectivity index (χ3n) is 5.34. The minimum Gasteiger partial charge on any atom is -0.375 e. The highest BCUT2D eigenvalue weighted by molar-refractivity contribution is 9.10. The monoisotopic (exact) mass is 474 g/mol.